The molecule has 1 amide bonds. The maximum atomic E-state index is 12.2. The van der Waals surface area contributed by atoms with Crippen molar-refractivity contribution < 1.29 is 19.4 Å². The lowest BCUT2D eigenvalue weighted by Gasteiger charge is -2.20. The van der Waals surface area contributed by atoms with Crippen LogP contribution in [-0.4, -0.2) is 35.0 Å². The summed E-state index contributed by atoms with van der Waals surface area (Å²) in [7, 11) is 0. The molecule has 1 aromatic heterocycles. The number of amides is 1. The maximum Gasteiger partial charge on any atom is 0.342 e. The van der Waals surface area contributed by atoms with Crippen molar-refractivity contribution in [2.24, 2.45) is 0 Å². The highest BCUT2D eigenvalue weighted by molar-refractivity contribution is 7.16. The number of rotatable bonds is 6. The predicted molar refractivity (Wildman–Crippen MR) is 93.8 cm³/mol. The summed E-state index contributed by atoms with van der Waals surface area (Å²) in [6.07, 6.45) is 0. The fourth-order valence-corrected chi connectivity index (χ4v) is 3.24. The number of nitrogens with zero attached hydrogens (tertiary/aromatic N) is 1. The zero-order valence-corrected chi connectivity index (χ0v) is 15.1. The van der Waals surface area contributed by atoms with E-state index in [0.29, 0.717) is 22.4 Å². The van der Waals surface area contributed by atoms with Gasteiger partial charge >= 0.3 is 5.97 Å². The molecule has 0 unspecified atom stereocenters. The van der Waals surface area contributed by atoms with Crippen molar-refractivity contribution in [2.75, 3.05) is 13.2 Å². The molecule has 0 saturated heterocycles. The Bertz CT molecular complexity index is 747. The number of ether oxygens (including phenoxy) is 1. The van der Waals surface area contributed by atoms with Gasteiger partial charge in [0.05, 0.1) is 10.9 Å². The van der Waals surface area contributed by atoms with Gasteiger partial charge in [0.15, 0.2) is 6.61 Å². The van der Waals surface area contributed by atoms with E-state index in [-0.39, 0.29) is 17.2 Å². The Kier molecular flexibility index (Phi) is 6.48. The lowest BCUT2D eigenvalue weighted by Crippen LogP contribution is -2.33. The van der Waals surface area contributed by atoms with Crippen molar-refractivity contribution in [1.29, 1.82) is 0 Å². The van der Waals surface area contributed by atoms with Gasteiger partial charge in [-0.25, -0.2) is 4.79 Å². The normalized spacial score (nSPS) is 10.5. The molecule has 1 aromatic carbocycles. The number of aromatic hydroxyl groups is 1. The first-order chi connectivity index (χ1) is 11.4. The van der Waals surface area contributed by atoms with Crippen LogP contribution < -0.4 is 0 Å². The van der Waals surface area contributed by atoms with Crippen molar-refractivity contribution in [3.05, 3.63) is 50.1 Å². The molecular weight excluding hydrogens is 373 g/mol. The molecule has 0 atom stereocenters. The van der Waals surface area contributed by atoms with E-state index in [9.17, 15) is 14.7 Å². The first-order valence-corrected chi connectivity index (χ1v) is 8.65. The largest absolute Gasteiger partial charge is 0.507 e. The molecule has 128 valence electrons. The number of hydrogen-bond donors (Lipinski definition) is 1. The summed E-state index contributed by atoms with van der Waals surface area (Å²) in [4.78, 5) is 26.6. The molecule has 0 bridgehead atoms. The minimum atomic E-state index is -0.785. The number of thiophene rings is 1. The van der Waals surface area contributed by atoms with Gasteiger partial charge in [-0.2, -0.15) is 0 Å². The number of carbonyl (C=O) groups excluding carboxylic acids is 2. The van der Waals surface area contributed by atoms with Gasteiger partial charge in [-0.05, 0) is 37.3 Å². The molecule has 2 aromatic rings. The minimum Gasteiger partial charge on any atom is -0.507 e. The van der Waals surface area contributed by atoms with Crippen molar-refractivity contribution in [2.45, 2.75) is 13.5 Å². The zero-order valence-electron chi connectivity index (χ0n) is 12.8. The van der Waals surface area contributed by atoms with E-state index in [4.69, 9.17) is 27.9 Å². The lowest BCUT2D eigenvalue weighted by atomic mass is 10.2. The van der Waals surface area contributed by atoms with Crippen LogP contribution in [0.25, 0.3) is 0 Å². The third-order valence-corrected chi connectivity index (χ3v) is 4.67. The van der Waals surface area contributed by atoms with Crippen molar-refractivity contribution in [3.63, 3.8) is 0 Å². The van der Waals surface area contributed by atoms with Crippen LogP contribution in [0, 0.1) is 0 Å². The molecule has 0 spiro atoms. The molecule has 24 heavy (non-hydrogen) atoms. The Morgan fingerprint density at radius 3 is 2.58 bits per heavy atom. The van der Waals surface area contributed by atoms with Crippen LogP contribution in [-0.2, 0) is 16.1 Å². The van der Waals surface area contributed by atoms with Gasteiger partial charge in [0.1, 0.15) is 11.3 Å². The Hall–Kier alpha value is -1.76. The highest BCUT2D eigenvalue weighted by Gasteiger charge is 2.18. The Morgan fingerprint density at radius 2 is 2.00 bits per heavy atom. The predicted octanol–water partition coefficient (Wildman–Crippen LogP) is 3.97. The van der Waals surface area contributed by atoms with Gasteiger partial charge in [0.2, 0.25) is 0 Å². The average molecular weight is 388 g/mol. The molecule has 1 N–H and O–H groups in total. The third-order valence-electron chi connectivity index (χ3n) is 3.22. The van der Waals surface area contributed by atoms with Gasteiger partial charge in [-0.1, -0.05) is 23.2 Å². The second-order valence-electron chi connectivity index (χ2n) is 4.85. The van der Waals surface area contributed by atoms with Crippen molar-refractivity contribution in [1.82, 2.24) is 4.90 Å². The molecule has 8 heteroatoms. The molecule has 1 heterocycles. The smallest absolute Gasteiger partial charge is 0.342 e. The van der Waals surface area contributed by atoms with Gasteiger partial charge < -0.3 is 14.7 Å². The number of halogens is 2. The highest BCUT2D eigenvalue weighted by Crippen LogP contribution is 2.24. The fourth-order valence-electron chi connectivity index (χ4n) is 1.97. The molecule has 0 aliphatic heterocycles. The Labute approximate surface area is 153 Å². The number of benzene rings is 1. The molecular formula is C16H15Cl2NO4S. The quantitative estimate of drug-likeness (QED) is 0.761. The van der Waals surface area contributed by atoms with E-state index >= 15 is 0 Å². The van der Waals surface area contributed by atoms with Crippen LogP contribution in [0.5, 0.6) is 5.75 Å². The molecule has 0 aliphatic carbocycles. The van der Waals surface area contributed by atoms with Crippen molar-refractivity contribution in [3.8, 4) is 5.75 Å². The van der Waals surface area contributed by atoms with E-state index < -0.39 is 12.6 Å². The number of hydrogen-bond acceptors (Lipinski definition) is 5. The third kappa shape index (κ3) is 4.87. The summed E-state index contributed by atoms with van der Waals surface area (Å²) in [6.45, 7) is 2.29. The number of carbonyl (C=O) groups is 2. The van der Waals surface area contributed by atoms with Crippen molar-refractivity contribution >= 4 is 46.4 Å². The summed E-state index contributed by atoms with van der Waals surface area (Å²) >= 11 is 13.0. The van der Waals surface area contributed by atoms with Crippen LogP contribution in [0.4, 0.5) is 0 Å². The Balaban J connectivity index is 1.94. The SMILES string of the molecule is CCN(Cc1ccc(Cl)s1)C(=O)COC(=O)c1ccc(Cl)cc1O. The highest BCUT2D eigenvalue weighted by atomic mass is 35.5. The Morgan fingerprint density at radius 1 is 1.25 bits per heavy atom. The van der Waals surface area contributed by atoms with E-state index in [1.54, 1.807) is 11.0 Å². The first kappa shape index (κ1) is 18.6. The number of likely N-dealkylation sites (N-methyl/N-ethyl adjacent to an activating group) is 1. The van der Waals surface area contributed by atoms with E-state index in [1.165, 1.54) is 29.5 Å². The molecule has 2 rings (SSSR count). The number of phenolic OH excluding ortho intramolecular Hbond substituents is 1. The standard InChI is InChI=1S/C16H15Cl2NO4S/c1-2-19(8-11-4-6-14(18)24-11)15(21)9-23-16(22)12-5-3-10(17)7-13(12)20/h3-7,20H,2,8-9H2,1H3. The molecule has 0 saturated carbocycles. The molecule has 0 radical (unpaired) electrons. The summed E-state index contributed by atoms with van der Waals surface area (Å²) in [5.41, 5.74) is -0.0414. The van der Waals surface area contributed by atoms with Gasteiger partial charge in [0, 0.05) is 16.4 Å². The molecule has 0 fully saturated rings. The van der Waals surface area contributed by atoms with Crippen LogP contribution in [0.2, 0.25) is 9.36 Å². The maximum absolute atomic E-state index is 12.2. The number of phenols is 1. The van der Waals surface area contributed by atoms with E-state index in [1.807, 2.05) is 13.0 Å². The molecule has 0 aliphatic rings. The van der Waals surface area contributed by atoms with Crippen LogP contribution in [0.15, 0.2) is 30.3 Å². The summed E-state index contributed by atoms with van der Waals surface area (Å²) in [5.74, 6) is -1.41. The second-order valence-corrected chi connectivity index (χ2v) is 7.09. The monoisotopic (exact) mass is 387 g/mol. The van der Waals surface area contributed by atoms with E-state index in [0.717, 1.165) is 4.88 Å². The van der Waals surface area contributed by atoms with E-state index in [2.05, 4.69) is 0 Å². The first-order valence-electron chi connectivity index (χ1n) is 7.08. The van der Waals surface area contributed by atoms with Gasteiger partial charge in [-0.3, -0.25) is 4.79 Å². The summed E-state index contributed by atoms with van der Waals surface area (Å²) in [6, 6.07) is 7.65. The number of esters is 1. The minimum absolute atomic E-state index is 0.0414. The molecule has 5 nitrogen and oxygen atoms in total. The zero-order chi connectivity index (χ0) is 17.7. The topological polar surface area (TPSA) is 66.8 Å². The van der Waals surface area contributed by atoms with Crippen LogP contribution >= 0.6 is 34.5 Å². The van der Waals surface area contributed by atoms with Crippen LogP contribution in [0.3, 0.4) is 0 Å². The summed E-state index contributed by atoms with van der Waals surface area (Å²) in [5, 5.41) is 9.99. The average Bonchev–Trinajstić information content (AvgIpc) is 2.95. The fraction of sp³-hybridized carbons (Fsp3) is 0.250. The summed E-state index contributed by atoms with van der Waals surface area (Å²) < 4.78 is 5.63. The second kappa shape index (κ2) is 8.37. The van der Waals surface area contributed by atoms with Gasteiger partial charge in [0.25, 0.3) is 5.91 Å². The lowest BCUT2D eigenvalue weighted by molar-refractivity contribution is -0.134. The van der Waals surface area contributed by atoms with Gasteiger partial charge in [-0.15, -0.1) is 11.3 Å². The van der Waals surface area contributed by atoms with Crippen LogP contribution in [0.1, 0.15) is 22.2 Å².